The summed E-state index contributed by atoms with van der Waals surface area (Å²) in [6.07, 6.45) is 3.32. The van der Waals surface area contributed by atoms with Gasteiger partial charge in [0.2, 0.25) is 0 Å². The molecule has 0 aliphatic rings. The lowest BCUT2D eigenvalue weighted by atomic mass is 9.94. The maximum absolute atomic E-state index is 11.3. The molecule has 4 N–H and O–H groups in total. The Bertz CT molecular complexity index is 951. The number of nitrogens with zero attached hydrogens (tertiary/aromatic N) is 2. The average Bonchev–Trinajstić information content (AvgIpc) is 2.93. The highest BCUT2D eigenvalue weighted by molar-refractivity contribution is 7.87. The largest absolute Gasteiger partial charge is 0.346 e. The summed E-state index contributed by atoms with van der Waals surface area (Å²) >= 11 is 0. The van der Waals surface area contributed by atoms with Crippen LogP contribution in [-0.4, -0.2) is 23.4 Å². The first kappa shape index (κ1) is 18.3. The third-order valence-electron chi connectivity index (χ3n) is 3.63. The summed E-state index contributed by atoms with van der Waals surface area (Å²) in [7, 11) is -3.79. The summed E-state index contributed by atoms with van der Waals surface area (Å²) in [6, 6.07) is 9.43. The SMILES string of the molecule is CC(C)(NS(N)(=O)=O)c1ccc(-c2ncnc3[nH]ccc23)cc1.Cl. The minimum Gasteiger partial charge on any atom is -0.346 e. The Kier molecular flexibility index (Phi) is 4.95. The molecule has 2 heterocycles. The lowest BCUT2D eigenvalue weighted by molar-refractivity contribution is 0.473. The molecule has 2 aromatic heterocycles. The van der Waals surface area contributed by atoms with E-state index in [1.807, 2.05) is 36.5 Å². The summed E-state index contributed by atoms with van der Waals surface area (Å²) in [6.45, 7) is 3.50. The van der Waals surface area contributed by atoms with Crippen molar-refractivity contribution < 1.29 is 8.42 Å². The van der Waals surface area contributed by atoms with Crippen molar-refractivity contribution in [3.8, 4) is 11.3 Å². The van der Waals surface area contributed by atoms with Crippen LogP contribution in [0.15, 0.2) is 42.9 Å². The number of hydrogen-bond acceptors (Lipinski definition) is 4. The van der Waals surface area contributed by atoms with Crippen molar-refractivity contribution in [2.24, 2.45) is 5.14 Å². The van der Waals surface area contributed by atoms with E-state index in [4.69, 9.17) is 5.14 Å². The number of aromatic nitrogens is 3. The molecule has 0 amide bonds. The van der Waals surface area contributed by atoms with Gasteiger partial charge in [-0.2, -0.15) is 13.1 Å². The number of halogens is 1. The second-order valence-electron chi connectivity index (χ2n) is 5.81. The summed E-state index contributed by atoms with van der Waals surface area (Å²) in [4.78, 5) is 11.6. The van der Waals surface area contributed by atoms with Gasteiger partial charge in [0.05, 0.1) is 11.2 Å². The van der Waals surface area contributed by atoms with Gasteiger partial charge in [-0.3, -0.25) is 0 Å². The van der Waals surface area contributed by atoms with Gasteiger partial charge in [-0.15, -0.1) is 12.4 Å². The van der Waals surface area contributed by atoms with Gasteiger partial charge in [0.15, 0.2) is 0 Å². The summed E-state index contributed by atoms with van der Waals surface area (Å²) in [5.41, 5.74) is 2.51. The molecule has 0 radical (unpaired) electrons. The molecule has 0 bridgehead atoms. The van der Waals surface area contributed by atoms with Gasteiger partial charge < -0.3 is 4.98 Å². The van der Waals surface area contributed by atoms with Crippen molar-refractivity contribution in [3.05, 3.63) is 48.4 Å². The van der Waals surface area contributed by atoms with Crippen LogP contribution in [-0.2, 0) is 15.7 Å². The molecule has 0 fully saturated rings. The number of nitrogens with one attached hydrogen (secondary N) is 2. The molecule has 0 atom stereocenters. The van der Waals surface area contributed by atoms with E-state index in [0.29, 0.717) is 0 Å². The highest BCUT2D eigenvalue weighted by Gasteiger charge is 2.24. The minimum absolute atomic E-state index is 0. The molecule has 0 aliphatic carbocycles. The van der Waals surface area contributed by atoms with Crippen LogP contribution in [0.4, 0.5) is 0 Å². The molecule has 24 heavy (non-hydrogen) atoms. The Morgan fingerprint density at radius 3 is 2.42 bits per heavy atom. The fourth-order valence-electron chi connectivity index (χ4n) is 2.56. The first-order chi connectivity index (χ1) is 10.8. The normalized spacial score (nSPS) is 12.1. The van der Waals surface area contributed by atoms with Gasteiger partial charge in [0.1, 0.15) is 12.0 Å². The summed E-state index contributed by atoms with van der Waals surface area (Å²) in [5, 5.41) is 6.00. The van der Waals surface area contributed by atoms with Crippen LogP contribution in [0.3, 0.4) is 0 Å². The van der Waals surface area contributed by atoms with Crippen LogP contribution in [0.25, 0.3) is 22.3 Å². The van der Waals surface area contributed by atoms with E-state index in [1.165, 1.54) is 6.33 Å². The number of rotatable bonds is 4. The van der Waals surface area contributed by atoms with E-state index in [-0.39, 0.29) is 12.4 Å². The fourth-order valence-corrected chi connectivity index (χ4v) is 3.39. The lowest BCUT2D eigenvalue weighted by Crippen LogP contribution is -2.44. The number of fused-ring (bicyclic) bond motifs is 1. The zero-order valence-corrected chi connectivity index (χ0v) is 14.8. The van der Waals surface area contributed by atoms with Crippen LogP contribution in [0.5, 0.6) is 0 Å². The van der Waals surface area contributed by atoms with E-state index in [1.54, 1.807) is 13.8 Å². The predicted molar refractivity (Wildman–Crippen MR) is 95.8 cm³/mol. The predicted octanol–water partition coefficient (Wildman–Crippen LogP) is 2.07. The smallest absolute Gasteiger partial charge is 0.275 e. The molecule has 3 rings (SSSR count). The third kappa shape index (κ3) is 3.73. The van der Waals surface area contributed by atoms with Crippen molar-refractivity contribution in [2.75, 3.05) is 0 Å². The summed E-state index contributed by atoms with van der Waals surface area (Å²) in [5.74, 6) is 0. The summed E-state index contributed by atoms with van der Waals surface area (Å²) < 4.78 is 25.0. The molecular formula is C15H18ClN5O2S. The molecule has 1 aromatic carbocycles. The van der Waals surface area contributed by atoms with E-state index < -0.39 is 15.7 Å². The Labute approximate surface area is 146 Å². The number of aromatic amines is 1. The van der Waals surface area contributed by atoms with Gasteiger partial charge in [-0.1, -0.05) is 24.3 Å². The molecule has 0 aliphatic heterocycles. The van der Waals surface area contributed by atoms with E-state index in [2.05, 4.69) is 19.7 Å². The van der Waals surface area contributed by atoms with Crippen molar-refractivity contribution >= 4 is 33.6 Å². The van der Waals surface area contributed by atoms with Gasteiger partial charge in [-0.25, -0.2) is 15.1 Å². The lowest BCUT2D eigenvalue weighted by Gasteiger charge is -2.25. The first-order valence-electron chi connectivity index (χ1n) is 6.97. The molecule has 0 spiro atoms. The number of nitrogens with two attached hydrogens (primary N) is 1. The fraction of sp³-hybridized carbons (Fsp3) is 0.200. The molecule has 3 aromatic rings. The van der Waals surface area contributed by atoms with Gasteiger partial charge >= 0.3 is 0 Å². The van der Waals surface area contributed by atoms with E-state index >= 15 is 0 Å². The van der Waals surface area contributed by atoms with E-state index in [0.717, 1.165) is 27.9 Å². The van der Waals surface area contributed by atoms with Gasteiger partial charge in [0, 0.05) is 17.1 Å². The zero-order valence-electron chi connectivity index (χ0n) is 13.1. The maximum Gasteiger partial charge on any atom is 0.275 e. The van der Waals surface area contributed by atoms with Crippen molar-refractivity contribution in [2.45, 2.75) is 19.4 Å². The van der Waals surface area contributed by atoms with Crippen LogP contribution in [0.2, 0.25) is 0 Å². The first-order valence-corrected chi connectivity index (χ1v) is 8.52. The van der Waals surface area contributed by atoms with Crippen LogP contribution in [0, 0.1) is 0 Å². The Balaban J connectivity index is 0.00000208. The van der Waals surface area contributed by atoms with Crippen molar-refractivity contribution in [1.82, 2.24) is 19.7 Å². The standard InChI is InChI=1S/C15H17N5O2S.ClH/c1-15(2,20-23(16,21)22)11-5-3-10(4-6-11)13-12-7-8-17-14(12)19-9-18-13;/h3-9,20H,1-2H3,(H2,16,21,22)(H,17,18,19);1H. The topological polar surface area (TPSA) is 114 Å². The van der Waals surface area contributed by atoms with Gasteiger partial charge in [-0.05, 0) is 25.5 Å². The molecule has 9 heteroatoms. The highest BCUT2D eigenvalue weighted by Crippen LogP contribution is 2.27. The quantitative estimate of drug-likeness (QED) is 0.654. The molecule has 0 unspecified atom stereocenters. The number of hydrogen-bond donors (Lipinski definition) is 3. The van der Waals surface area contributed by atoms with Crippen LogP contribution in [0.1, 0.15) is 19.4 Å². The second-order valence-corrected chi connectivity index (χ2v) is 7.11. The number of H-pyrrole nitrogens is 1. The van der Waals surface area contributed by atoms with Crippen molar-refractivity contribution in [1.29, 1.82) is 0 Å². The Hall–Kier alpha value is -2.00. The molecular weight excluding hydrogens is 350 g/mol. The van der Waals surface area contributed by atoms with Crippen LogP contribution < -0.4 is 9.86 Å². The monoisotopic (exact) mass is 367 g/mol. The minimum atomic E-state index is -3.79. The van der Waals surface area contributed by atoms with Crippen LogP contribution >= 0.6 is 12.4 Å². The highest BCUT2D eigenvalue weighted by atomic mass is 35.5. The molecule has 0 saturated carbocycles. The Morgan fingerprint density at radius 2 is 1.79 bits per heavy atom. The zero-order chi connectivity index (χ0) is 16.7. The Morgan fingerprint density at radius 1 is 1.12 bits per heavy atom. The maximum atomic E-state index is 11.3. The molecule has 7 nitrogen and oxygen atoms in total. The molecule has 128 valence electrons. The third-order valence-corrected chi connectivity index (χ3v) is 4.43. The second kappa shape index (κ2) is 6.48. The van der Waals surface area contributed by atoms with E-state index in [9.17, 15) is 8.42 Å². The molecule has 0 saturated heterocycles. The number of benzene rings is 1. The van der Waals surface area contributed by atoms with Crippen molar-refractivity contribution in [3.63, 3.8) is 0 Å². The van der Waals surface area contributed by atoms with Gasteiger partial charge in [0.25, 0.3) is 10.2 Å². The average molecular weight is 368 g/mol.